The molecule has 27 heavy (non-hydrogen) atoms. The number of carbonyl (C=O) groups is 2. The van der Waals surface area contributed by atoms with Crippen LogP contribution in [0.5, 0.6) is 11.5 Å². The third-order valence-corrected chi connectivity index (χ3v) is 4.85. The molecule has 0 aliphatic heterocycles. The molecule has 0 fully saturated rings. The first-order valence-corrected chi connectivity index (χ1v) is 9.11. The fraction of sp³-hybridized carbons (Fsp3) is 0.304. The van der Waals surface area contributed by atoms with Gasteiger partial charge < -0.3 is 9.47 Å². The minimum Gasteiger partial charge on any atom is -0.422 e. The highest BCUT2D eigenvalue weighted by atomic mass is 16.5. The average Bonchev–Trinajstić information content (AvgIpc) is 2.63. The second kappa shape index (κ2) is 7.39. The van der Waals surface area contributed by atoms with E-state index in [4.69, 9.17) is 9.47 Å². The minimum atomic E-state index is -0.452. The maximum absolute atomic E-state index is 12.3. The molecule has 0 radical (unpaired) electrons. The standard InChI is InChI=1S/C23H24O4/c1-13(2)22(24)26-20-16-8-6-7-9-17(16)21(27-23(25)14(3)4)19-12-15(5)10-11-18(19)20/h6-9,15H,1,3,10-12H2,2,4-5H3. The van der Waals surface area contributed by atoms with Crippen LogP contribution in [-0.2, 0) is 22.4 Å². The fourth-order valence-corrected chi connectivity index (χ4v) is 3.39. The number of ether oxygens (including phenoxy) is 2. The molecule has 1 atom stereocenters. The van der Waals surface area contributed by atoms with Crippen molar-refractivity contribution >= 4 is 22.7 Å². The lowest BCUT2D eigenvalue weighted by atomic mass is 9.82. The lowest BCUT2D eigenvalue weighted by molar-refractivity contribution is -0.131. The van der Waals surface area contributed by atoms with Crippen LogP contribution < -0.4 is 9.47 Å². The van der Waals surface area contributed by atoms with Gasteiger partial charge in [-0.05, 0) is 39.0 Å². The Labute approximate surface area is 159 Å². The molecule has 1 aliphatic carbocycles. The van der Waals surface area contributed by atoms with Crippen LogP contribution in [-0.4, -0.2) is 11.9 Å². The fourth-order valence-electron chi connectivity index (χ4n) is 3.39. The van der Waals surface area contributed by atoms with Crippen molar-refractivity contribution in [2.24, 2.45) is 5.92 Å². The van der Waals surface area contributed by atoms with E-state index in [2.05, 4.69) is 20.1 Å². The molecule has 0 heterocycles. The van der Waals surface area contributed by atoms with Gasteiger partial charge in [0.2, 0.25) is 0 Å². The Balaban J connectivity index is 2.28. The third-order valence-electron chi connectivity index (χ3n) is 4.85. The monoisotopic (exact) mass is 364 g/mol. The molecule has 0 aromatic heterocycles. The molecular formula is C23H24O4. The number of benzene rings is 2. The predicted molar refractivity (Wildman–Crippen MR) is 106 cm³/mol. The predicted octanol–water partition coefficient (Wildman–Crippen LogP) is 4.93. The number of esters is 2. The van der Waals surface area contributed by atoms with Gasteiger partial charge in [-0.3, -0.25) is 0 Å². The average molecular weight is 364 g/mol. The van der Waals surface area contributed by atoms with Crippen LogP contribution in [0.25, 0.3) is 10.8 Å². The van der Waals surface area contributed by atoms with Gasteiger partial charge in [0.05, 0.1) is 0 Å². The summed E-state index contributed by atoms with van der Waals surface area (Å²) in [6, 6.07) is 7.52. The summed E-state index contributed by atoms with van der Waals surface area (Å²) in [5.74, 6) is 0.649. The zero-order chi connectivity index (χ0) is 19.7. The van der Waals surface area contributed by atoms with Crippen molar-refractivity contribution in [1.29, 1.82) is 0 Å². The zero-order valence-electron chi connectivity index (χ0n) is 16.1. The third kappa shape index (κ3) is 3.65. The van der Waals surface area contributed by atoms with Crippen molar-refractivity contribution < 1.29 is 19.1 Å². The number of carbonyl (C=O) groups excluding carboxylic acids is 2. The topological polar surface area (TPSA) is 52.6 Å². The lowest BCUT2D eigenvalue weighted by Gasteiger charge is -2.27. The van der Waals surface area contributed by atoms with Crippen LogP contribution in [0, 0.1) is 5.92 Å². The van der Waals surface area contributed by atoms with Gasteiger partial charge >= 0.3 is 11.9 Å². The molecule has 140 valence electrons. The van der Waals surface area contributed by atoms with Crippen molar-refractivity contribution in [3.63, 3.8) is 0 Å². The molecule has 0 saturated carbocycles. The summed E-state index contributed by atoms with van der Waals surface area (Å²) >= 11 is 0. The van der Waals surface area contributed by atoms with Crippen molar-refractivity contribution in [3.05, 3.63) is 59.7 Å². The Hall–Kier alpha value is -2.88. The van der Waals surface area contributed by atoms with Crippen molar-refractivity contribution in [2.45, 2.75) is 40.0 Å². The largest absolute Gasteiger partial charge is 0.422 e. The van der Waals surface area contributed by atoms with Gasteiger partial charge in [0.15, 0.2) is 0 Å². The smallest absolute Gasteiger partial charge is 0.338 e. The maximum Gasteiger partial charge on any atom is 0.338 e. The molecule has 4 heteroatoms. The Morgan fingerprint density at radius 3 is 1.89 bits per heavy atom. The molecular weight excluding hydrogens is 340 g/mol. The SMILES string of the molecule is C=C(C)C(=O)Oc1c2c(c(OC(=O)C(=C)C)c3ccccc13)CC(C)CC2. The lowest BCUT2D eigenvalue weighted by Crippen LogP contribution is -2.19. The maximum atomic E-state index is 12.3. The molecule has 0 spiro atoms. The van der Waals surface area contributed by atoms with Gasteiger partial charge in [0.25, 0.3) is 0 Å². The first kappa shape index (κ1) is 18.9. The Bertz CT molecular complexity index is 968. The summed E-state index contributed by atoms with van der Waals surface area (Å²) in [7, 11) is 0. The summed E-state index contributed by atoms with van der Waals surface area (Å²) in [6.45, 7) is 12.8. The molecule has 0 N–H and O–H groups in total. The van der Waals surface area contributed by atoms with E-state index in [9.17, 15) is 9.59 Å². The summed E-state index contributed by atoms with van der Waals surface area (Å²) < 4.78 is 11.5. The zero-order valence-corrected chi connectivity index (χ0v) is 16.1. The van der Waals surface area contributed by atoms with Crippen LogP contribution in [0.1, 0.15) is 38.3 Å². The number of hydrogen-bond donors (Lipinski definition) is 0. The molecule has 3 rings (SSSR count). The summed E-state index contributed by atoms with van der Waals surface area (Å²) in [6.07, 6.45) is 2.51. The Morgan fingerprint density at radius 2 is 1.41 bits per heavy atom. The van der Waals surface area contributed by atoms with E-state index in [1.54, 1.807) is 13.8 Å². The van der Waals surface area contributed by atoms with Crippen molar-refractivity contribution in [3.8, 4) is 11.5 Å². The Morgan fingerprint density at radius 1 is 0.926 bits per heavy atom. The quantitative estimate of drug-likeness (QED) is 0.439. The number of rotatable bonds is 4. The van der Waals surface area contributed by atoms with Crippen LogP contribution in [0.4, 0.5) is 0 Å². The second-order valence-corrected chi connectivity index (χ2v) is 7.35. The minimum absolute atomic E-state index is 0.342. The van der Waals surface area contributed by atoms with Gasteiger partial charge in [-0.15, -0.1) is 0 Å². The molecule has 0 bridgehead atoms. The normalized spacial score (nSPS) is 15.7. The van der Waals surface area contributed by atoms with Gasteiger partial charge in [0.1, 0.15) is 11.5 Å². The summed E-state index contributed by atoms with van der Waals surface area (Å²) in [5, 5.41) is 1.51. The van der Waals surface area contributed by atoms with Gasteiger partial charge in [-0.25, -0.2) is 9.59 Å². The molecule has 0 saturated heterocycles. The number of hydrogen-bond acceptors (Lipinski definition) is 4. The van der Waals surface area contributed by atoms with Gasteiger partial charge in [-0.2, -0.15) is 0 Å². The van der Waals surface area contributed by atoms with Crippen LogP contribution in [0.15, 0.2) is 48.6 Å². The Kier molecular flexibility index (Phi) is 5.17. The second-order valence-electron chi connectivity index (χ2n) is 7.35. The van der Waals surface area contributed by atoms with E-state index >= 15 is 0 Å². The van der Waals surface area contributed by atoms with Gasteiger partial charge in [0, 0.05) is 33.0 Å². The van der Waals surface area contributed by atoms with Gasteiger partial charge in [-0.1, -0.05) is 44.3 Å². The van der Waals surface area contributed by atoms with E-state index in [1.165, 1.54) is 0 Å². The highest BCUT2D eigenvalue weighted by molar-refractivity contribution is 6.01. The van der Waals surface area contributed by atoms with E-state index < -0.39 is 11.9 Å². The van der Waals surface area contributed by atoms with Crippen LogP contribution in [0.3, 0.4) is 0 Å². The first-order valence-electron chi connectivity index (χ1n) is 9.11. The van der Waals surface area contributed by atoms with Crippen molar-refractivity contribution in [1.82, 2.24) is 0 Å². The molecule has 1 aliphatic rings. The molecule has 2 aromatic carbocycles. The van der Waals surface area contributed by atoms with E-state index in [0.29, 0.717) is 28.6 Å². The highest BCUT2D eigenvalue weighted by Crippen LogP contribution is 2.45. The molecule has 2 aromatic rings. The molecule has 4 nitrogen and oxygen atoms in total. The van der Waals surface area contributed by atoms with E-state index in [-0.39, 0.29) is 0 Å². The summed E-state index contributed by atoms with van der Waals surface area (Å²) in [4.78, 5) is 24.5. The summed E-state index contributed by atoms with van der Waals surface area (Å²) in [5.41, 5.74) is 2.56. The van der Waals surface area contributed by atoms with E-state index in [1.807, 2.05) is 24.3 Å². The molecule has 0 amide bonds. The number of fused-ring (bicyclic) bond motifs is 2. The van der Waals surface area contributed by atoms with E-state index in [0.717, 1.165) is 41.2 Å². The first-order chi connectivity index (χ1) is 12.8. The molecule has 1 unspecified atom stereocenters. The van der Waals surface area contributed by atoms with Crippen LogP contribution in [0.2, 0.25) is 0 Å². The highest BCUT2D eigenvalue weighted by Gasteiger charge is 2.28. The van der Waals surface area contributed by atoms with Crippen molar-refractivity contribution in [2.75, 3.05) is 0 Å². The van der Waals surface area contributed by atoms with Crippen LogP contribution >= 0.6 is 0 Å².